The van der Waals surface area contributed by atoms with E-state index in [1.165, 1.54) is 17.7 Å². The van der Waals surface area contributed by atoms with Crippen molar-refractivity contribution in [3.05, 3.63) is 65.0 Å². The van der Waals surface area contributed by atoms with Gasteiger partial charge in [0.15, 0.2) is 6.61 Å². The third kappa shape index (κ3) is 5.09. The summed E-state index contributed by atoms with van der Waals surface area (Å²) in [5, 5.41) is 2.83. The number of aryl methyl sites for hydroxylation is 2. The molecule has 1 atom stereocenters. The molecule has 0 heterocycles. The molecule has 2 rings (SSSR count). The second-order valence-corrected chi connectivity index (χ2v) is 5.79. The standard InChI is InChI=1S/C19H22FNO2/c1-13-4-9-18(10-14(13)2)23-12-19(22)21-11-15(3)16-5-7-17(20)8-6-16/h4-10,15H,11-12H2,1-3H3,(H,21,22). The van der Waals surface area contributed by atoms with Gasteiger partial charge in [-0.25, -0.2) is 4.39 Å². The Morgan fingerprint density at radius 3 is 2.48 bits per heavy atom. The van der Waals surface area contributed by atoms with Gasteiger partial charge in [0.1, 0.15) is 11.6 Å². The van der Waals surface area contributed by atoms with E-state index >= 15 is 0 Å². The van der Waals surface area contributed by atoms with Gasteiger partial charge in [0.05, 0.1) is 0 Å². The Hall–Kier alpha value is -2.36. The van der Waals surface area contributed by atoms with Crippen LogP contribution in [0.4, 0.5) is 4.39 Å². The first kappa shape index (κ1) is 17.0. The molecule has 1 unspecified atom stereocenters. The molecule has 1 N–H and O–H groups in total. The molecular formula is C19H22FNO2. The zero-order chi connectivity index (χ0) is 16.8. The number of hydrogen-bond donors (Lipinski definition) is 1. The summed E-state index contributed by atoms with van der Waals surface area (Å²) in [4.78, 5) is 11.9. The number of halogens is 1. The summed E-state index contributed by atoms with van der Waals surface area (Å²) >= 11 is 0. The molecule has 23 heavy (non-hydrogen) atoms. The molecule has 0 aliphatic carbocycles. The molecule has 0 aliphatic heterocycles. The molecular weight excluding hydrogens is 293 g/mol. The lowest BCUT2D eigenvalue weighted by atomic mass is 10.0. The summed E-state index contributed by atoms with van der Waals surface area (Å²) in [6.07, 6.45) is 0. The second kappa shape index (κ2) is 7.77. The highest BCUT2D eigenvalue weighted by atomic mass is 19.1. The molecule has 0 saturated heterocycles. The highest BCUT2D eigenvalue weighted by Crippen LogP contribution is 2.16. The van der Waals surface area contributed by atoms with Gasteiger partial charge in [-0.3, -0.25) is 4.79 Å². The predicted molar refractivity (Wildman–Crippen MR) is 89.2 cm³/mol. The lowest BCUT2D eigenvalue weighted by Crippen LogP contribution is -2.31. The fraction of sp³-hybridized carbons (Fsp3) is 0.316. The van der Waals surface area contributed by atoms with Gasteiger partial charge >= 0.3 is 0 Å². The molecule has 4 heteroatoms. The van der Waals surface area contributed by atoms with Crippen LogP contribution in [0.2, 0.25) is 0 Å². The molecule has 0 saturated carbocycles. The molecule has 2 aromatic carbocycles. The van der Waals surface area contributed by atoms with Gasteiger partial charge in [-0.05, 0) is 60.7 Å². The van der Waals surface area contributed by atoms with Crippen LogP contribution in [0.1, 0.15) is 29.5 Å². The summed E-state index contributed by atoms with van der Waals surface area (Å²) in [7, 11) is 0. The van der Waals surface area contributed by atoms with E-state index in [-0.39, 0.29) is 24.2 Å². The van der Waals surface area contributed by atoms with Gasteiger partial charge in [0.25, 0.3) is 5.91 Å². The van der Waals surface area contributed by atoms with Crippen LogP contribution in [0, 0.1) is 19.7 Å². The molecule has 2 aromatic rings. The molecule has 122 valence electrons. The Morgan fingerprint density at radius 2 is 1.83 bits per heavy atom. The van der Waals surface area contributed by atoms with Gasteiger partial charge in [0, 0.05) is 6.54 Å². The topological polar surface area (TPSA) is 38.3 Å². The smallest absolute Gasteiger partial charge is 0.257 e. The zero-order valence-electron chi connectivity index (χ0n) is 13.7. The molecule has 0 radical (unpaired) electrons. The van der Waals surface area contributed by atoms with Crippen molar-refractivity contribution >= 4 is 5.91 Å². The molecule has 0 bridgehead atoms. The first-order valence-corrected chi connectivity index (χ1v) is 7.68. The Balaban J connectivity index is 1.78. The predicted octanol–water partition coefficient (Wildman–Crippen LogP) is 3.74. The Kier molecular flexibility index (Phi) is 5.74. The van der Waals surface area contributed by atoms with Crippen LogP contribution >= 0.6 is 0 Å². The number of hydrogen-bond acceptors (Lipinski definition) is 2. The van der Waals surface area contributed by atoms with Crippen molar-refractivity contribution in [3.63, 3.8) is 0 Å². The number of nitrogens with one attached hydrogen (secondary N) is 1. The van der Waals surface area contributed by atoms with E-state index in [0.29, 0.717) is 12.3 Å². The van der Waals surface area contributed by atoms with Crippen LogP contribution in [0.15, 0.2) is 42.5 Å². The molecule has 0 aliphatic rings. The molecule has 0 aromatic heterocycles. The first-order chi connectivity index (χ1) is 11.0. The highest BCUT2D eigenvalue weighted by Gasteiger charge is 2.09. The van der Waals surface area contributed by atoms with Gasteiger partial charge in [-0.2, -0.15) is 0 Å². The summed E-state index contributed by atoms with van der Waals surface area (Å²) in [5.74, 6) is 0.375. The van der Waals surface area contributed by atoms with Crippen LogP contribution in [0.5, 0.6) is 5.75 Å². The maximum absolute atomic E-state index is 12.9. The monoisotopic (exact) mass is 315 g/mol. The lowest BCUT2D eigenvalue weighted by Gasteiger charge is -2.14. The number of benzene rings is 2. The largest absolute Gasteiger partial charge is 0.484 e. The second-order valence-electron chi connectivity index (χ2n) is 5.79. The number of carbonyl (C=O) groups is 1. The van der Waals surface area contributed by atoms with Crippen molar-refractivity contribution in [2.75, 3.05) is 13.2 Å². The van der Waals surface area contributed by atoms with Crippen molar-refractivity contribution in [3.8, 4) is 5.75 Å². The normalized spacial score (nSPS) is 11.8. The quantitative estimate of drug-likeness (QED) is 0.882. The van der Waals surface area contributed by atoms with E-state index in [9.17, 15) is 9.18 Å². The third-order valence-corrected chi connectivity index (χ3v) is 3.89. The fourth-order valence-electron chi connectivity index (χ4n) is 2.18. The van der Waals surface area contributed by atoms with E-state index in [1.807, 2.05) is 39.0 Å². The van der Waals surface area contributed by atoms with Gasteiger partial charge in [0.2, 0.25) is 0 Å². The van der Waals surface area contributed by atoms with Crippen molar-refractivity contribution in [2.45, 2.75) is 26.7 Å². The highest BCUT2D eigenvalue weighted by molar-refractivity contribution is 5.77. The lowest BCUT2D eigenvalue weighted by molar-refractivity contribution is -0.123. The maximum atomic E-state index is 12.9. The summed E-state index contributed by atoms with van der Waals surface area (Å²) in [6.45, 7) is 6.49. The van der Waals surface area contributed by atoms with Crippen LogP contribution < -0.4 is 10.1 Å². The minimum Gasteiger partial charge on any atom is -0.484 e. The summed E-state index contributed by atoms with van der Waals surface area (Å²) in [5.41, 5.74) is 3.31. The van der Waals surface area contributed by atoms with Crippen molar-refractivity contribution < 1.29 is 13.9 Å². The minimum absolute atomic E-state index is 0.0152. The van der Waals surface area contributed by atoms with Crippen LogP contribution in [-0.2, 0) is 4.79 Å². The van der Waals surface area contributed by atoms with Crippen molar-refractivity contribution in [1.29, 1.82) is 0 Å². The Labute approximate surface area is 136 Å². The van der Waals surface area contributed by atoms with Gasteiger partial charge in [-0.15, -0.1) is 0 Å². The first-order valence-electron chi connectivity index (χ1n) is 7.68. The van der Waals surface area contributed by atoms with Gasteiger partial charge in [-0.1, -0.05) is 25.1 Å². The average molecular weight is 315 g/mol. The van der Waals surface area contributed by atoms with E-state index in [2.05, 4.69) is 5.32 Å². The van der Waals surface area contributed by atoms with Crippen LogP contribution in [0.25, 0.3) is 0 Å². The number of ether oxygens (including phenoxy) is 1. The number of rotatable bonds is 6. The SMILES string of the molecule is Cc1ccc(OCC(=O)NCC(C)c2ccc(F)cc2)cc1C. The summed E-state index contributed by atoms with van der Waals surface area (Å²) < 4.78 is 18.4. The Bertz CT molecular complexity index is 668. The average Bonchev–Trinajstić information content (AvgIpc) is 2.54. The molecule has 3 nitrogen and oxygen atoms in total. The number of carbonyl (C=O) groups excluding carboxylic acids is 1. The minimum atomic E-state index is -0.258. The molecule has 0 spiro atoms. The van der Waals surface area contributed by atoms with E-state index < -0.39 is 0 Å². The maximum Gasteiger partial charge on any atom is 0.257 e. The Morgan fingerprint density at radius 1 is 1.13 bits per heavy atom. The molecule has 0 fully saturated rings. The van der Waals surface area contributed by atoms with E-state index in [4.69, 9.17) is 4.74 Å². The zero-order valence-corrected chi connectivity index (χ0v) is 13.7. The molecule has 1 amide bonds. The summed E-state index contributed by atoms with van der Waals surface area (Å²) in [6, 6.07) is 12.1. The van der Waals surface area contributed by atoms with Crippen LogP contribution in [-0.4, -0.2) is 19.1 Å². The van der Waals surface area contributed by atoms with E-state index in [0.717, 1.165) is 11.1 Å². The van der Waals surface area contributed by atoms with Crippen molar-refractivity contribution in [2.24, 2.45) is 0 Å². The fourth-order valence-corrected chi connectivity index (χ4v) is 2.18. The van der Waals surface area contributed by atoms with Gasteiger partial charge < -0.3 is 10.1 Å². The van der Waals surface area contributed by atoms with E-state index in [1.54, 1.807) is 12.1 Å². The number of amides is 1. The third-order valence-electron chi connectivity index (χ3n) is 3.89. The van der Waals surface area contributed by atoms with Crippen LogP contribution in [0.3, 0.4) is 0 Å². The van der Waals surface area contributed by atoms with Crippen molar-refractivity contribution in [1.82, 2.24) is 5.32 Å².